The summed E-state index contributed by atoms with van der Waals surface area (Å²) in [6.07, 6.45) is 1.94. The predicted molar refractivity (Wildman–Crippen MR) is 128 cm³/mol. The maximum Gasteiger partial charge on any atom is 0.407 e. The SMILES string of the molecule is CCC[C@H](NC(=O)OCC1c2ccccc2-c2ccccc21)C(=O)N1CCCC(C)C1C(=O)O. The van der Waals surface area contributed by atoms with Crippen molar-refractivity contribution in [3.63, 3.8) is 0 Å². The molecule has 2 aliphatic rings. The molecule has 1 aliphatic heterocycles. The van der Waals surface area contributed by atoms with Gasteiger partial charge in [-0.25, -0.2) is 9.59 Å². The summed E-state index contributed by atoms with van der Waals surface area (Å²) in [6.45, 7) is 4.32. The molecular weight excluding hydrogens is 432 g/mol. The van der Waals surface area contributed by atoms with Crippen LogP contribution in [0.3, 0.4) is 0 Å². The van der Waals surface area contributed by atoms with Gasteiger partial charge in [-0.1, -0.05) is 68.8 Å². The van der Waals surface area contributed by atoms with Crippen molar-refractivity contribution >= 4 is 18.0 Å². The highest BCUT2D eigenvalue weighted by Crippen LogP contribution is 2.44. The average molecular weight is 465 g/mol. The summed E-state index contributed by atoms with van der Waals surface area (Å²) >= 11 is 0. The number of aliphatic carboxylic acids is 1. The molecule has 0 radical (unpaired) electrons. The van der Waals surface area contributed by atoms with Crippen LogP contribution in [0, 0.1) is 5.92 Å². The normalized spacial score (nSPS) is 20.2. The van der Waals surface area contributed by atoms with Gasteiger partial charge in [0.15, 0.2) is 0 Å². The van der Waals surface area contributed by atoms with Crippen molar-refractivity contribution in [1.82, 2.24) is 10.2 Å². The van der Waals surface area contributed by atoms with Gasteiger partial charge in [-0.05, 0) is 47.4 Å². The topological polar surface area (TPSA) is 95.9 Å². The van der Waals surface area contributed by atoms with Crippen LogP contribution in [0.1, 0.15) is 56.6 Å². The fraction of sp³-hybridized carbons (Fsp3) is 0.444. The van der Waals surface area contributed by atoms with Crippen LogP contribution in [0.5, 0.6) is 0 Å². The number of benzene rings is 2. The van der Waals surface area contributed by atoms with E-state index in [-0.39, 0.29) is 24.3 Å². The van der Waals surface area contributed by atoms with Crippen LogP contribution >= 0.6 is 0 Å². The van der Waals surface area contributed by atoms with Gasteiger partial charge >= 0.3 is 12.1 Å². The number of carbonyl (C=O) groups excluding carboxylic acids is 2. The van der Waals surface area contributed by atoms with Gasteiger partial charge in [0.2, 0.25) is 5.91 Å². The molecule has 2 amide bonds. The Bertz CT molecular complexity index is 1020. The summed E-state index contributed by atoms with van der Waals surface area (Å²) in [4.78, 5) is 39.3. The minimum atomic E-state index is -1.00. The summed E-state index contributed by atoms with van der Waals surface area (Å²) in [5.74, 6) is -1.56. The smallest absolute Gasteiger partial charge is 0.407 e. The minimum absolute atomic E-state index is 0.0715. The highest BCUT2D eigenvalue weighted by molar-refractivity contribution is 5.89. The predicted octanol–water partition coefficient (Wildman–Crippen LogP) is 4.41. The number of rotatable bonds is 7. The van der Waals surface area contributed by atoms with Crippen LogP contribution in [0.15, 0.2) is 48.5 Å². The third-order valence-electron chi connectivity index (χ3n) is 6.98. The van der Waals surface area contributed by atoms with E-state index in [4.69, 9.17) is 4.74 Å². The van der Waals surface area contributed by atoms with Gasteiger partial charge in [0, 0.05) is 12.5 Å². The maximum absolute atomic E-state index is 13.3. The lowest BCUT2D eigenvalue weighted by Crippen LogP contribution is -2.57. The first-order valence-corrected chi connectivity index (χ1v) is 12.1. The molecule has 3 atom stereocenters. The van der Waals surface area contributed by atoms with Crippen molar-refractivity contribution in [3.05, 3.63) is 59.7 Å². The first-order valence-electron chi connectivity index (χ1n) is 12.1. The van der Waals surface area contributed by atoms with E-state index in [9.17, 15) is 19.5 Å². The van der Waals surface area contributed by atoms with Crippen molar-refractivity contribution < 1.29 is 24.2 Å². The van der Waals surface area contributed by atoms with Crippen molar-refractivity contribution in [2.24, 2.45) is 5.92 Å². The molecule has 4 rings (SSSR count). The van der Waals surface area contributed by atoms with E-state index < -0.39 is 24.1 Å². The van der Waals surface area contributed by atoms with Crippen molar-refractivity contribution in [2.75, 3.05) is 13.2 Å². The highest BCUT2D eigenvalue weighted by atomic mass is 16.5. The number of carboxylic acid groups (broad SMARTS) is 1. The number of ether oxygens (including phenoxy) is 1. The standard InChI is InChI=1S/C27H32N2O5/c1-3-9-23(25(30)29-15-8-10-17(2)24(29)26(31)32)28-27(33)34-16-22-20-13-6-4-11-18(20)19-12-5-7-14-21(19)22/h4-7,11-14,17,22-24H,3,8-10,15-16H2,1-2H3,(H,28,33)(H,31,32)/t17?,23-,24?/m0/s1. The lowest BCUT2D eigenvalue weighted by atomic mass is 9.90. The number of likely N-dealkylation sites (tertiary alicyclic amines) is 1. The molecule has 1 fully saturated rings. The third-order valence-corrected chi connectivity index (χ3v) is 6.98. The Balaban J connectivity index is 1.44. The van der Waals surface area contributed by atoms with Gasteiger partial charge in [-0.2, -0.15) is 0 Å². The van der Waals surface area contributed by atoms with E-state index >= 15 is 0 Å². The fourth-order valence-corrected chi connectivity index (χ4v) is 5.34. The zero-order valence-corrected chi connectivity index (χ0v) is 19.7. The Hall–Kier alpha value is -3.35. The quantitative estimate of drug-likeness (QED) is 0.633. The number of carboxylic acids is 1. The van der Waals surface area contributed by atoms with Crippen LogP contribution in [0.25, 0.3) is 11.1 Å². The first kappa shape index (κ1) is 23.8. The van der Waals surface area contributed by atoms with E-state index in [2.05, 4.69) is 17.4 Å². The van der Waals surface area contributed by atoms with Gasteiger partial charge in [-0.15, -0.1) is 0 Å². The summed E-state index contributed by atoms with van der Waals surface area (Å²) in [5, 5.41) is 12.4. The van der Waals surface area contributed by atoms with E-state index in [1.807, 2.05) is 50.2 Å². The number of carbonyl (C=O) groups is 3. The third kappa shape index (κ3) is 4.65. The number of alkyl carbamates (subject to hydrolysis) is 1. The number of hydrogen-bond acceptors (Lipinski definition) is 4. The van der Waals surface area contributed by atoms with Crippen LogP contribution in [0.4, 0.5) is 4.79 Å². The molecular formula is C27H32N2O5. The summed E-state index contributed by atoms with van der Waals surface area (Å²) in [5.41, 5.74) is 4.52. The number of nitrogens with zero attached hydrogens (tertiary/aromatic N) is 1. The molecule has 0 aromatic heterocycles. The van der Waals surface area contributed by atoms with Gasteiger partial charge in [0.05, 0.1) is 0 Å². The van der Waals surface area contributed by atoms with E-state index in [0.717, 1.165) is 35.1 Å². The monoisotopic (exact) mass is 464 g/mol. The second kappa shape index (κ2) is 10.3. The Morgan fingerprint density at radius 3 is 2.29 bits per heavy atom. The molecule has 2 unspecified atom stereocenters. The average Bonchev–Trinajstić information content (AvgIpc) is 3.15. The summed E-state index contributed by atoms with van der Waals surface area (Å²) in [6, 6.07) is 14.5. The van der Waals surface area contributed by atoms with Gasteiger partial charge in [-0.3, -0.25) is 4.79 Å². The molecule has 2 N–H and O–H groups in total. The second-order valence-corrected chi connectivity index (χ2v) is 9.25. The molecule has 1 heterocycles. The first-order chi connectivity index (χ1) is 16.4. The summed E-state index contributed by atoms with van der Waals surface area (Å²) < 4.78 is 5.61. The molecule has 34 heavy (non-hydrogen) atoms. The zero-order valence-electron chi connectivity index (χ0n) is 19.7. The second-order valence-electron chi connectivity index (χ2n) is 9.25. The van der Waals surface area contributed by atoms with Gasteiger partial charge in [0.1, 0.15) is 18.7 Å². The molecule has 0 spiro atoms. The van der Waals surface area contributed by atoms with E-state index in [1.165, 1.54) is 4.90 Å². The van der Waals surface area contributed by atoms with Crippen molar-refractivity contribution in [2.45, 2.75) is 57.5 Å². The maximum atomic E-state index is 13.3. The van der Waals surface area contributed by atoms with Crippen molar-refractivity contribution in [3.8, 4) is 11.1 Å². The molecule has 2 aromatic carbocycles. The lowest BCUT2D eigenvalue weighted by molar-refractivity contribution is -0.155. The molecule has 180 valence electrons. The molecule has 0 saturated carbocycles. The Labute approximate surface area is 200 Å². The lowest BCUT2D eigenvalue weighted by Gasteiger charge is -2.39. The van der Waals surface area contributed by atoms with E-state index in [1.54, 1.807) is 0 Å². The van der Waals surface area contributed by atoms with Gasteiger partial charge in [0.25, 0.3) is 0 Å². The Morgan fingerprint density at radius 2 is 1.71 bits per heavy atom. The van der Waals surface area contributed by atoms with Crippen LogP contribution in [0.2, 0.25) is 0 Å². The Morgan fingerprint density at radius 1 is 1.09 bits per heavy atom. The number of piperidine rings is 1. The molecule has 2 aromatic rings. The molecule has 1 aliphatic carbocycles. The summed E-state index contributed by atoms with van der Waals surface area (Å²) in [7, 11) is 0. The highest BCUT2D eigenvalue weighted by Gasteiger charge is 2.39. The number of fused-ring (bicyclic) bond motifs is 3. The van der Waals surface area contributed by atoms with Crippen LogP contribution in [-0.2, 0) is 14.3 Å². The van der Waals surface area contributed by atoms with Crippen LogP contribution < -0.4 is 5.32 Å². The minimum Gasteiger partial charge on any atom is -0.480 e. The molecule has 7 heteroatoms. The Kier molecular flexibility index (Phi) is 7.20. The molecule has 7 nitrogen and oxygen atoms in total. The molecule has 1 saturated heterocycles. The van der Waals surface area contributed by atoms with Crippen LogP contribution in [-0.4, -0.2) is 53.2 Å². The number of nitrogens with one attached hydrogen (secondary N) is 1. The van der Waals surface area contributed by atoms with Gasteiger partial charge < -0.3 is 20.1 Å². The number of amides is 2. The fourth-order valence-electron chi connectivity index (χ4n) is 5.34. The van der Waals surface area contributed by atoms with E-state index in [0.29, 0.717) is 19.4 Å². The largest absolute Gasteiger partial charge is 0.480 e. The zero-order chi connectivity index (χ0) is 24.2. The van der Waals surface area contributed by atoms with Crippen molar-refractivity contribution in [1.29, 1.82) is 0 Å². The molecule has 0 bridgehead atoms. The number of hydrogen-bond donors (Lipinski definition) is 2.